The summed E-state index contributed by atoms with van der Waals surface area (Å²) in [5.41, 5.74) is -1.73. The predicted octanol–water partition coefficient (Wildman–Crippen LogP) is 2.32. The maximum atomic E-state index is 12.4. The SMILES string of the molecule is CCN(CC(F)(F)F)C(=O)c1cc(C(=O)O)cc([N+](=O)[O-])c1. The number of carbonyl (C=O) groups excluding carboxylic acids is 1. The molecule has 0 saturated carbocycles. The second-order valence-electron chi connectivity index (χ2n) is 4.27. The lowest BCUT2D eigenvalue weighted by atomic mass is 10.1. The second-order valence-corrected chi connectivity index (χ2v) is 4.27. The Kier molecular flexibility index (Phi) is 5.07. The van der Waals surface area contributed by atoms with Gasteiger partial charge in [-0.1, -0.05) is 0 Å². The topological polar surface area (TPSA) is 101 Å². The number of amides is 1. The van der Waals surface area contributed by atoms with Crippen molar-refractivity contribution < 1.29 is 32.8 Å². The minimum Gasteiger partial charge on any atom is -0.478 e. The highest BCUT2D eigenvalue weighted by Crippen LogP contribution is 2.21. The molecule has 0 unspecified atom stereocenters. The Morgan fingerprint density at radius 2 is 1.82 bits per heavy atom. The van der Waals surface area contributed by atoms with E-state index in [1.165, 1.54) is 6.92 Å². The third kappa shape index (κ3) is 4.43. The molecule has 22 heavy (non-hydrogen) atoms. The first-order valence-electron chi connectivity index (χ1n) is 5.94. The quantitative estimate of drug-likeness (QED) is 0.663. The molecule has 1 N–H and O–H groups in total. The van der Waals surface area contributed by atoms with Crippen molar-refractivity contribution in [1.82, 2.24) is 4.90 Å². The molecule has 0 bridgehead atoms. The van der Waals surface area contributed by atoms with Crippen LogP contribution >= 0.6 is 0 Å². The van der Waals surface area contributed by atoms with Crippen molar-refractivity contribution in [3.05, 3.63) is 39.4 Å². The Hall–Kier alpha value is -2.65. The predicted molar refractivity (Wildman–Crippen MR) is 67.7 cm³/mol. The van der Waals surface area contributed by atoms with E-state index in [2.05, 4.69) is 0 Å². The van der Waals surface area contributed by atoms with Gasteiger partial charge in [-0.15, -0.1) is 0 Å². The van der Waals surface area contributed by atoms with Crippen molar-refractivity contribution in [2.75, 3.05) is 13.1 Å². The first-order valence-corrected chi connectivity index (χ1v) is 5.94. The molecule has 1 aromatic carbocycles. The lowest BCUT2D eigenvalue weighted by Crippen LogP contribution is -2.38. The van der Waals surface area contributed by atoms with Gasteiger partial charge in [0.2, 0.25) is 0 Å². The first kappa shape index (κ1) is 17.4. The van der Waals surface area contributed by atoms with E-state index in [4.69, 9.17) is 5.11 Å². The number of halogens is 3. The van der Waals surface area contributed by atoms with Crippen molar-refractivity contribution in [2.45, 2.75) is 13.1 Å². The Balaban J connectivity index is 3.26. The minimum absolute atomic E-state index is 0.288. The van der Waals surface area contributed by atoms with E-state index in [1.54, 1.807) is 0 Å². The van der Waals surface area contributed by atoms with Crippen LogP contribution in [0.25, 0.3) is 0 Å². The molecule has 0 spiro atoms. The Morgan fingerprint density at radius 1 is 1.27 bits per heavy atom. The van der Waals surface area contributed by atoms with Crippen molar-refractivity contribution >= 4 is 17.6 Å². The zero-order valence-electron chi connectivity index (χ0n) is 11.3. The zero-order valence-corrected chi connectivity index (χ0v) is 11.3. The van der Waals surface area contributed by atoms with E-state index in [0.29, 0.717) is 4.90 Å². The lowest BCUT2D eigenvalue weighted by Gasteiger charge is -2.22. The highest BCUT2D eigenvalue weighted by atomic mass is 19.4. The van der Waals surface area contributed by atoms with Gasteiger partial charge in [-0.25, -0.2) is 4.79 Å². The third-order valence-corrected chi connectivity index (χ3v) is 2.66. The fourth-order valence-electron chi connectivity index (χ4n) is 1.69. The van der Waals surface area contributed by atoms with Crippen LogP contribution in [0.1, 0.15) is 27.6 Å². The maximum Gasteiger partial charge on any atom is 0.406 e. The molecule has 7 nitrogen and oxygen atoms in total. The number of hydrogen-bond acceptors (Lipinski definition) is 4. The number of carbonyl (C=O) groups is 2. The van der Waals surface area contributed by atoms with E-state index in [9.17, 15) is 32.9 Å². The van der Waals surface area contributed by atoms with Gasteiger partial charge >= 0.3 is 12.1 Å². The normalized spacial score (nSPS) is 11.1. The van der Waals surface area contributed by atoms with Gasteiger partial charge in [0, 0.05) is 24.2 Å². The molecule has 1 aromatic rings. The number of benzene rings is 1. The van der Waals surface area contributed by atoms with Gasteiger partial charge in [0.15, 0.2) is 0 Å². The monoisotopic (exact) mass is 320 g/mol. The molecule has 0 heterocycles. The van der Waals surface area contributed by atoms with E-state index in [0.717, 1.165) is 18.2 Å². The van der Waals surface area contributed by atoms with Crippen molar-refractivity contribution in [3.63, 3.8) is 0 Å². The number of carboxylic acids is 1. The van der Waals surface area contributed by atoms with E-state index < -0.39 is 46.3 Å². The molecule has 1 amide bonds. The molecule has 0 aromatic heterocycles. The molecule has 1 rings (SSSR count). The van der Waals surface area contributed by atoms with Crippen LogP contribution in [-0.2, 0) is 0 Å². The number of aromatic carboxylic acids is 1. The Morgan fingerprint density at radius 3 is 2.23 bits per heavy atom. The molecule has 0 atom stereocenters. The molecule has 0 aliphatic rings. The fourth-order valence-corrected chi connectivity index (χ4v) is 1.69. The number of carboxylic acid groups (broad SMARTS) is 1. The first-order chi connectivity index (χ1) is 10.0. The van der Waals surface area contributed by atoms with Crippen LogP contribution in [0.4, 0.5) is 18.9 Å². The van der Waals surface area contributed by atoms with Gasteiger partial charge in [0.05, 0.1) is 10.5 Å². The van der Waals surface area contributed by atoms with Gasteiger partial charge in [0.25, 0.3) is 11.6 Å². The molecule has 0 aliphatic carbocycles. The number of nitro groups is 1. The summed E-state index contributed by atoms with van der Waals surface area (Å²) >= 11 is 0. The van der Waals surface area contributed by atoms with Crippen LogP contribution < -0.4 is 0 Å². The summed E-state index contributed by atoms with van der Waals surface area (Å²) in [7, 11) is 0. The summed E-state index contributed by atoms with van der Waals surface area (Å²) in [6.07, 6.45) is -4.64. The van der Waals surface area contributed by atoms with Gasteiger partial charge < -0.3 is 10.0 Å². The van der Waals surface area contributed by atoms with E-state index in [1.807, 2.05) is 0 Å². The van der Waals surface area contributed by atoms with Gasteiger partial charge in [-0.05, 0) is 13.0 Å². The smallest absolute Gasteiger partial charge is 0.406 e. The highest BCUT2D eigenvalue weighted by Gasteiger charge is 2.33. The van der Waals surface area contributed by atoms with Crippen LogP contribution in [0, 0.1) is 10.1 Å². The number of nitrogens with zero attached hydrogens (tertiary/aromatic N) is 2. The molecule has 0 fully saturated rings. The molecule has 120 valence electrons. The minimum atomic E-state index is -4.64. The number of hydrogen-bond donors (Lipinski definition) is 1. The largest absolute Gasteiger partial charge is 0.478 e. The standard InChI is InChI=1S/C12H11F3N2O5/c1-2-16(6-12(13,14)15)10(18)7-3-8(11(19)20)5-9(4-7)17(21)22/h3-5H,2,6H2,1H3,(H,19,20). The van der Waals surface area contributed by atoms with Crippen molar-refractivity contribution in [3.8, 4) is 0 Å². The number of nitro benzene ring substituents is 1. The molecule has 0 saturated heterocycles. The van der Waals surface area contributed by atoms with Gasteiger partial charge in [0.1, 0.15) is 6.54 Å². The fraction of sp³-hybridized carbons (Fsp3) is 0.333. The summed E-state index contributed by atoms with van der Waals surface area (Å²) in [4.78, 5) is 33.1. The average molecular weight is 320 g/mol. The van der Waals surface area contributed by atoms with Gasteiger partial charge in [-0.2, -0.15) is 13.2 Å². The summed E-state index contributed by atoms with van der Waals surface area (Å²) < 4.78 is 37.2. The van der Waals surface area contributed by atoms with Crippen LogP contribution in [0.15, 0.2) is 18.2 Å². The average Bonchev–Trinajstić information content (AvgIpc) is 2.42. The number of alkyl halides is 3. The van der Waals surface area contributed by atoms with E-state index >= 15 is 0 Å². The van der Waals surface area contributed by atoms with Crippen LogP contribution in [0.5, 0.6) is 0 Å². The zero-order chi connectivity index (χ0) is 17.1. The summed E-state index contributed by atoms with van der Waals surface area (Å²) in [6, 6.07) is 2.27. The second kappa shape index (κ2) is 6.41. The molecule has 0 aliphatic heterocycles. The van der Waals surface area contributed by atoms with Crippen LogP contribution in [0.3, 0.4) is 0 Å². The maximum absolute atomic E-state index is 12.4. The molecule has 10 heteroatoms. The summed E-state index contributed by atoms with van der Waals surface area (Å²) in [5, 5.41) is 19.6. The number of non-ortho nitro benzene ring substituents is 1. The van der Waals surface area contributed by atoms with Crippen molar-refractivity contribution in [1.29, 1.82) is 0 Å². The Labute approximate surface area is 122 Å². The third-order valence-electron chi connectivity index (χ3n) is 2.66. The lowest BCUT2D eigenvalue weighted by molar-refractivity contribution is -0.384. The molecular formula is C12H11F3N2O5. The Bertz CT molecular complexity index is 583. The van der Waals surface area contributed by atoms with Crippen molar-refractivity contribution in [2.24, 2.45) is 0 Å². The molecular weight excluding hydrogens is 309 g/mol. The van der Waals surface area contributed by atoms with Crippen LogP contribution in [-0.4, -0.2) is 46.1 Å². The summed E-state index contributed by atoms with van der Waals surface area (Å²) in [6.45, 7) is -0.518. The van der Waals surface area contributed by atoms with E-state index in [-0.39, 0.29) is 6.54 Å². The van der Waals surface area contributed by atoms with Crippen LogP contribution in [0.2, 0.25) is 0 Å². The summed E-state index contributed by atoms with van der Waals surface area (Å²) in [5.74, 6) is -2.66. The number of rotatable bonds is 5. The molecule has 0 radical (unpaired) electrons. The highest BCUT2D eigenvalue weighted by molar-refractivity contribution is 5.98. The van der Waals surface area contributed by atoms with Gasteiger partial charge in [-0.3, -0.25) is 14.9 Å².